The van der Waals surface area contributed by atoms with Crippen molar-refractivity contribution in [3.8, 4) is 0 Å². The van der Waals surface area contributed by atoms with Gasteiger partial charge in [-0.15, -0.1) is 0 Å². The second-order valence-electron chi connectivity index (χ2n) is 5.81. The Labute approximate surface area is 101 Å². The first kappa shape index (κ1) is 11.1. The van der Waals surface area contributed by atoms with Gasteiger partial charge in [-0.2, -0.15) is 0 Å². The predicted molar refractivity (Wildman–Crippen MR) is 61.3 cm³/mol. The molecule has 3 fully saturated rings. The molecule has 4 unspecified atom stereocenters. The van der Waals surface area contributed by atoms with E-state index in [0.29, 0.717) is 18.4 Å². The number of carboxylic acid groups (broad SMARTS) is 1. The van der Waals surface area contributed by atoms with Crippen molar-refractivity contribution in [3.63, 3.8) is 0 Å². The summed E-state index contributed by atoms with van der Waals surface area (Å²) in [5, 5.41) is 9.14. The Hall–Kier alpha value is -1.06. The van der Waals surface area contributed by atoms with Crippen LogP contribution in [0.15, 0.2) is 0 Å². The molecule has 1 saturated heterocycles. The summed E-state index contributed by atoms with van der Waals surface area (Å²) in [6, 6.07) is 0.419. The molecule has 17 heavy (non-hydrogen) atoms. The average Bonchev–Trinajstić information content (AvgIpc) is 3.02. The lowest BCUT2D eigenvalue weighted by molar-refractivity contribution is -0.149. The van der Waals surface area contributed by atoms with E-state index >= 15 is 0 Å². The van der Waals surface area contributed by atoms with Gasteiger partial charge in [0, 0.05) is 12.6 Å². The number of hydrogen-bond donors (Lipinski definition) is 1. The zero-order chi connectivity index (χ0) is 12.0. The highest BCUT2D eigenvalue weighted by Gasteiger charge is 2.46. The van der Waals surface area contributed by atoms with Crippen LogP contribution in [-0.4, -0.2) is 34.5 Å². The zero-order valence-electron chi connectivity index (χ0n) is 9.97. The topological polar surface area (TPSA) is 57.6 Å². The van der Waals surface area contributed by atoms with Crippen molar-refractivity contribution >= 4 is 11.9 Å². The van der Waals surface area contributed by atoms with Crippen molar-refractivity contribution in [2.24, 2.45) is 17.8 Å². The smallest absolute Gasteiger partial charge is 0.307 e. The Morgan fingerprint density at radius 1 is 1.06 bits per heavy atom. The number of amides is 1. The lowest BCUT2D eigenvalue weighted by Gasteiger charge is -2.30. The number of piperidine rings is 1. The number of carboxylic acids is 1. The minimum Gasteiger partial charge on any atom is -0.481 e. The average molecular weight is 237 g/mol. The molecule has 0 spiro atoms. The third kappa shape index (κ3) is 1.74. The van der Waals surface area contributed by atoms with Crippen molar-refractivity contribution in [1.29, 1.82) is 0 Å². The Morgan fingerprint density at radius 3 is 2.41 bits per heavy atom. The first-order valence-electron chi connectivity index (χ1n) is 6.70. The molecule has 94 valence electrons. The number of nitrogens with zero attached hydrogens (tertiary/aromatic N) is 1. The number of rotatable bonds is 2. The molecule has 0 aromatic carbocycles. The summed E-state index contributed by atoms with van der Waals surface area (Å²) in [4.78, 5) is 25.5. The molecule has 0 radical (unpaired) electrons. The lowest BCUT2D eigenvalue weighted by atomic mass is 9.94. The maximum absolute atomic E-state index is 12.4. The predicted octanol–water partition coefficient (Wildman–Crippen LogP) is 1.50. The van der Waals surface area contributed by atoms with Gasteiger partial charge >= 0.3 is 5.97 Å². The molecule has 2 saturated carbocycles. The highest BCUT2D eigenvalue weighted by atomic mass is 16.4. The summed E-state index contributed by atoms with van der Waals surface area (Å²) in [5.74, 6) is -0.644. The Morgan fingerprint density at radius 2 is 1.82 bits per heavy atom. The van der Waals surface area contributed by atoms with E-state index in [1.807, 2.05) is 4.90 Å². The van der Waals surface area contributed by atoms with Crippen molar-refractivity contribution in [1.82, 2.24) is 4.90 Å². The Kier molecular flexibility index (Phi) is 2.60. The number of aliphatic carboxylic acids is 1. The van der Waals surface area contributed by atoms with Gasteiger partial charge in [-0.3, -0.25) is 9.59 Å². The number of fused-ring (bicyclic) bond motifs is 2. The fraction of sp³-hybridized carbons (Fsp3) is 0.846. The first-order valence-corrected chi connectivity index (χ1v) is 6.70. The Bertz CT molecular complexity index is 355. The van der Waals surface area contributed by atoms with Crippen LogP contribution in [0.4, 0.5) is 0 Å². The largest absolute Gasteiger partial charge is 0.481 e. The molecule has 0 aromatic heterocycles. The summed E-state index contributed by atoms with van der Waals surface area (Å²) >= 11 is 0. The van der Waals surface area contributed by atoms with Crippen molar-refractivity contribution < 1.29 is 14.7 Å². The van der Waals surface area contributed by atoms with Gasteiger partial charge in [0.15, 0.2) is 0 Å². The fourth-order valence-corrected chi connectivity index (χ4v) is 3.96. The van der Waals surface area contributed by atoms with E-state index in [0.717, 1.165) is 32.2 Å². The summed E-state index contributed by atoms with van der Waals surface area (Å²) in [6.07, 6.45) is 5.85. The molecule has 3 rings (SSSR count). The molecule has 0 aromatic rings. The Balaban J connectivity index is 1.71. The summed E-state index contributed by atoms with van der Waals surface area (Å²) in [5.41, 5.74) is 0. The highest BCUT2D eigenvalue weighted by molar-refractivity contribution is 5.85. The van der Waals surface area contributed by atoms with Crippen LogP contribution in [0.5, 0.6) is 0 Å². The van der Waals surface area contributed by atoms with E-state index in [1.165, 1.54) is 6.42 Å². The minimum atomic E-state index is -0.787. The molecule has 2 bridgehead atoms. The van der Waals surface area contributed by atoms with Crippen molar-refractivity contribution in [3.05, 3.63) is 0 Å². The van der Waals surface area contributed by atoms with E-state index in [9.17, 15) is 9.59 Å². The van der Waals surface area contributed by atoms with E-state index in [2.05, 4.69) is 0 Å². The fourth-order valence-electron chi connectivity index (χ4n) is 3.96. The van der Waals surface area contributed by atoms with Gasteiger partial charge in [-0.25, -0.2) is 0 Å². The van der Waals surface area contributed by atoms with Gasteiger partial charge in [0.1, 0.15) is 0 Å². The molecule has 4 atom stereocenters. The zero-order valence-corrected chi connectivity index (χ0v) is 9.97. The van der Waals surface area contributed by atoms with Gasteiger partial charge in [0.25, 0.3) is 0 Å². The normalized spacial score (nSPS) is 39.9. The lowest BCUT2D eigenvalue weighted by Crippen LogP contribution is -2.43. The van der Waals surface area contributed by atoms with Crippen LogP contribution < -0.4 is 0 Å². The minimum absolute atomic E-state index is 0.127. The van der Waals surface area contributed by atoms with E-state index in [4.69, 9.17) is 5.11 Å². The highest BCUT2D eigenvalue weighted by Crippen LogP contribution is 2.41. The number of carbonyl (C=O) groups excluding carboxylic acids is 1. The molecule has 3 aliphatic rings. The van der Waals surface area contributed by atoms with Gasteiger partial charge < -0.3 is 10.0 Å². The summed E-state index contributed by atoms with van der Waals surface area (Å²) in [7, 11) is 0. The van der Waals surface area contributed by atoms with Gasteiger partial charge in [0.2, 0.25) is 5.91 Å². The summed E-state index contributed by atoms with van der Waals surface area (Å²) < 4.78 is 0. The summed E-state index contributed by atoms with van der Waals surface area (Å²) in [6.45, 7) is 0.881. The van der Waals surface area contributed by atoms with E-state index in [-0.39, 0.29) is 11.8 Å². The third-order valence-electron chi connectivity index (χ3n) is 4.84. The maximum atomic E-state index is 12.4. The molecular formula is C13H19NO3. The van der Waals surface area contributed by atoms with Crippen molar-refractivity contribution in [2.75, 3.05) is 6.54 Å². The molecule has 1 N–H and O–H groups in total. The molecule has 1 aliphatic heterocycles. The van der Waals surface area contributed by atoms with Crippen LogP contribution in [0.1, 0.15) is 38.5 Å². The molecule has 4 heteroatoms. The van der Waals surface area contributed by atoms with E-state index in [1.54, 1.807) is 0 Å². The van der Waals surface area contributed by atoms with Crippen LogP contribution in [0, 0.1) is 17.8 Å². The second-order valence-corrected chi connectivity index (χ2v) is 5.81. The first-order chi connectivity index (χ1) is 8.16. The van der Waals surface area contributed by atoms with Crippen LogP contribution >= 0.6 is 0 Å². The molecule has 1 heterocycles. The number of hydrogen-bond acceptors (Lipinski definition) is 2. The molecular weight excluding hydrogens is 218 g/mol. The van der Waals surface area contributed by atoms with Gasteiger partial charge in [-0.1, -0.05) is 6.42 Å². The second kappa shape index (κ2) is 4.00. The van der Waals surface area contributed by atoms with E-state index < -0.39 is 11.9 Å². The van der Waals surface area contributed by atoms with Gasteiger partial charge in [-0.05, 0) is 38.0 Å². The standard InChI is InChI=1S/C13H19NO3/c15-12(10-2-1-3-11(10)13(16)17)14-7-8-4-5-9(14)6-8/h8-11H,1-7H2,(H,16,17). The molecule has 2 aliphatic carbocycles. The SMILES string of the molecule is O=C(O)C1CCCC1C(=O)N1CC2CCC1C2. The monoisotopic (exact) mass is 237 g/mol. The van der Waals surface area contributed by atoms with Crippen molar-refractivity contribution in [2.45, 2.75) is 44.6 Å². The molecule has 4 nitrogen and oxygen atoms in total. The maximum Gasteiger partial charge on any atom is 0.307 e. The number of carbonyl (C=O) groups is 2. The number of likely N-dealkylation sites (tertiary alicyclic amines) is 1. The van der Waals surface area contributed by atoms with Crippen LogP contribution in [0.3, 0.4) is 0 Å². The van der Waals surface area contributed by atoms with Gasteiger partial charge in [0.05, 0.1) is 11.8 Å². The van der Waals surface area contributed by atoms with Crippen LogP contribution in [-0.2, 0) is 9.59 Å². The van der Waals surface area contributed by atoms with Crippen LogP contribution in [0.25, 0.3) is 0 Å². The third-order valence-corrected chi connectivity index (χ3v) is 4.84. The molecule has 1 amide bonds. The van der Waals surface area contributed by atoms with Crippen LogP contribution in [0.2, 0.25) is 0 Å². The quantitative estimate of drug-likeness (QED) is 0.791.